The van der Waals surface area contributed by atoms with Crippen LogP contribution in [0.1, 0.15) is 27.0 Å². The van der Waals surface area contributed by atoms with E-state index in [4.69, 9.17) is 9.47 Å². The minimum absolute atomic E-state index is 0.155. The molecule has 3 aromatic rings. The van der Waals surface area contributed by atoms with Crippen molar-refractivity contribution < 1.29 is 27.4 Å². The Hall–Kier alpha value is -2.85. The number of rotatable bonds is 7. The van der Waals surface area contributed by atoms with E-state index in [9.17, 15) is 18.0 Å². The van der Waals surface area contributed by atoms with Gasteiger partial charge in [-0.25, -0.2) is 5.43 Å². The van der Waals surface area contributed by atoms with Gasteiger partial charge in [0.1, 0.15) is 6.61 Å². The molecule has 0 atom stereocenters. The van der Waals surface area contributed by atoms with Crippen molar-refractivity contribution in [1.82, 2.24) is 5.43 Å². The van der Waals surface area contributed by atoms with Gasteiger partial charge < -0.3 is 9.47 Å². The van der Waals surface area contributed by atoms with Gasteiger partial charge in [0.25, 0.3) is 5.91 Å². The first-order valence-electron chi connectivity index (χ1n) is 9.43. The highest BCUT2D eigenvalue weighted by Gasteiger charge is 2.30. The molecule has 0 aliphatic rings. The number of methoxy groups -OCH3 is 1. The van der Waals surface area contributed by atoms with Crippen molar-refractivity contribution >= 4 is 44.0 Å². The summed E-state index contributed by atoms with van der Waals surface area (Å²) in [6, 6.07) is 15.1. The third kappa shape index (κ3) is 6.82. The average Bonchev–Trinajstić information content (AvgIpc) is 2.78. The predicted octanol–water partition coefficient (Wildman–Crippen LogP) is 6.58. The Labute approximate surface area is 204 Å². The molecule has 10 heteroatoms. The van der Waals surface area contributed by atoms with Gasteiger partial charge in [-0.15, -0.1) is 0 Å². The SMILES string of the molecule is COc1cc(/C=N\NC(=O)c2cccc(C(F)(F)F)c2)cc(Br)c1OCc1ccc(Br)cc1. The number of ether oxygens (including phenoxy) is 2. The monoisotopic (exact) mass is 584 g/mol. The summed E-state index contributed by atoms with van der Waals surface area (Å²) in [5.41, 5.74) is 2.69. The number of nitrogens with one attached hydrogen (secondary N) is 1. The largest absolute Gasteiger partial charge is 0.493 e. The van der Waals surface area contributed by atoms with Gasteiger partial charge in [-0.1, -0.05) is 34.1 Å². The number of benzene rings is 3. The second kappa shape index (κ2) is 10.8. The van der Waals surface area contributed by atoms with Crippen molar-refractivity contribution in [2.45, 2.75) is 12.8 Å². The topological polar surface area (TPSA) is 59.9 Å². The Morgan fingerprint density at radius 2 is 1.82 bits per heavy atom. The van der Waals surface area contributed by atoms with E-state index in [0.717, 1.165) is 28.2 Å². The van der Waals surface area contributed by atoms with Crippen molar-refractivity contribution in [3.63, 3.8) is 0 Å². The Balaban J connectivity index is 1.69. The fourth-order valence-electron chi connectivity index (χ4n) is 2.76. The van der Waals surface area contributed by atoms with Gasteiger partial charge in [0.2, 0.25) is 0 Å². The molecule has 0 saturated carbocycles. The summed E-state index contributed by atoms with van der Waals surface area (Å²) in [6.45, 7) is 0.322. The molecule has 0 heterocycles. The second-order valence-electron chi connectivity index (χ2n) is 6.73. The molecular weight excluding hydrogens is 569 g/mol. The quantitative estimate of drug-likeness (QED) is 0.252. The van der Waals surface area contributed by atoms with Gasteiger partial charge in [0.15, 0.2) is 11.5 Å². The van der Waals surface area contributed by atoms with Crippen LogP contribution in [0.4, 0.5) is 13.2 Å². The predicted molar refractivity (Wildman–Crippen MR) is 126 cm³/mol. The summed E-state index contributed by atoms with van der Waals surface area (Å²) in [6.07, 6.45) is -3.19. The zero-order valence-electron chi connectivity index (χ0n) is 17.1. The number of hydrogen-bond donors (Lipinski definition) is 1. The zero-order chi connectivity index (χ0) is 24.0. The average molecular weight is 586 g/mol. The van der Waals surface area contributed by atoms with Crippen molar-refractivity contribution in [1.29, 1.82) is 0 Å². The maximum Gasteiger partial charge on any atom is 0.416 e. The van der Waals surface area contributed by atoms with Gasteiger partial charge in [-0.3, -0.25) is 4.79 Å². The molecule has 1 N–H and O–H groups in total. The van der Waals surface area contributed by atoms with E-state index in [1.807, 2.05) is 24.3 Å². The van der Waals surface area contributed by atoms with Crippen molar-refractivity contribution in [2.75, 3.05) is 7.11 Å². The highest BCUT2D eigenvalue weighted by molar-refractivity contribution is 9.10. The lowest BCUT2D eigenvalue weighted by atomic mass is 10.1. The molecule has 33 heavy (non-hydrogen) atoms. The lowest BCUT2D eigenvalue weighted by Crippen LogP contribution is -2.18. The zero-order valence-corrected chi connectivity index (χ0v) is 20.3. The Morgan fingerprint density at radius 1 is 1.09 bits per heavy atom. The molecule has 0 bridgehead atoms. The van der Waals surface area contributed by atoms with Crippen LogP contribution in [0, 0.1) is 0 Å². The van der Waals surface area contributed by atoms with E-state index < -0.39 is 17.6 Å². The van der Waals surface area contributed by atoms with E-state index in [0.29, 0.717) is 28.1 Å². The molecule has 0 unspecified atom stereocenters. The lowest BCUT2D eigenvalue weighted by Gasteiger charge is -2.13. The summed E-state index contributed by atoms with van der Waals surface area (Å²) in [5, 5.41) is 3.83. The molecule has 0 fully saturated rings. The van der Waals surface area contributed by atoms with Gasteiger partial charge in [-0.05, 0) is 69.5 Å². The van der Waals surface area contributed by atoms with E-state index >= 15 is 0 Å². The third-order valence-electron chi connectivity index (χ3n) is 4.38. The highest BCUT2D eigenvalue weighted by atomic mass is 79.9. The smallest absolute Gasteiger partial charge is 0.416 e. The van der Waals surface area contributed by atoms with Crippen LogP contribution < -0.4 is 14.9 Å². The fraction of sp³-hybridized carbons (Fsp3) is 0.130. The maximum absolute atomic E-state index is 12.8. The lowest BCUT2D eigenvalue weighted by molar-refractivity contribution is -0.137. The summed E-state index contributed by atoms with van der Waals surface area (Å²) < 4.78 is 51.3. The fourth-order valence-corrected chi connectivity index (χ4v) is 3.60. The standard InChI is InChI=1S/C23H17Br2F3N2O3/c1-32-20-10-15(9-19(25)21(20)33-13-14-5-7-18(24)8-6-14)12-29-30-22(31)16-3-2-4-17(11-16)23(26,27)28/h2-12H,13H2,1H3,(H,30,31)/b29-12-. The van der Waals surface area contributed by atoms with Crippen LogP contribution in [0.5, 0.6) is 11.5 Å². The highest BCUT2D eigenvalue weighted by Crippen LogP contribution is 2.37. The van der Waals surface area contributed by atoms with Crippen molar-refractivity contribution in [2.24, 2.45) is 5.10 Å². The third-order valence-corrected chi connectivity index (χ3v) is 5.50. The van der Waals surface area contributed by atoms with E-state index in [1.54, 1.807) is 12.1 Å². The summed E-state index contributed by atoms with van der Waals surface area (Å²) >= 11 is 6.83. The maximum atomic E-state index is 12.8. The van der Waals surface area contributed by atoms with Crippen LogP contribution in [-0.4, -0.2) is 19.2 Å². The molecule has 3 aromatic carbocycles. The molecule has 0 aliphatic heterocycles. The number of nitrogens with zero attached hydrogens (tertiary/aromatic N) is 1. The van der Waals surface area contributed by atoms with Crippen LogP contribution in [0.15, 0.2) is 74.7 Å². The number of alkyl halides is 3. The van der Waals surface area contributed by atoms with Crippen LogP contribution in [-0.2, 0) is 12.8 Å². The number of halogens is 5. The van der Waals surface area contributed by atoms with E-state index in [2.05, 4.69) is 42.4 Å². The first-order valence-corrected chi connectivity index (χ1v) is 11.0. The van der Waals surface area contributed by atoms with Gasteiger partial charge >= 0.3 is 6.18 Å². The van der Waals surface area contributed by atoms with Gasteiger partial charge in [0.05, 0.1) is 23.4 Å². The van der Waals surface area contributed by atoms with E-state index in [1.165, 1.54) is 19.4 Å². The van der Waals surface area contributed by atoms with Gasteiger partial charge in [-0.2, -0.15) is 18.3 Å². The van der Waals surface area contributed by atoms with Crippen LogP contribution in [0.3, 0.4) is 0 Å². The Morgan fingerprint density at radius 3 is 2.48 bits per heavy atom. The molecule has 0 spiro atoms. The van der Waals surface area contributed by atoms with Gasteiger partial charge in [0, 0.05) is 10.0 Å². The Bertz CT molecular complexity index is 1170. The number of carbonyl (C=O) groups excluding carboxylic acids is 1. The minimum Gasteiger partial charge on any atom is -0.493 e. The molecular formula is C23H17Br2F3N2O3. The Kier molecular flexibility index (Phi) is 8.15. The molecule has 0 aromatic heterocycles. The normalized spacial score (nSPS) is 11.5. The van der Waals surface area contributed by atoms with Crippen LogP contribution in [0.25, 0.3) is 0 Å². The number of hydrazone groups is 1. The summed E-state index contributed by atoms with van der Waals surface area (Å²) in [4.78, 5) is 12.2. The van der Waals surface area contributed by atoms with Crippen LogP contribution >= 0.6 is 31.9 Å². The molecule has 3 rings (SSSR count). The van der Waals surface area contributed by atoms with Crippen molar-refractivity contribution in [3.05, 3.63) is 91.9 Å². The van der Waals surface area contributed by atoms with Crippen molar-refractivity contribution in [3.8, 4) is 11.5 Å². The minimum atomic E-state index is -4.54. The van der Waals surface area contributed by atoms with E-state index in [-0.39, 0.29) is 5.56 Å². The first-order chi connectivity index (χ1) is 15.7. The first kappa shape index (κ1) is 24.8. The number of carbonyl (C=O) groups is 1. The molecule has 1 amide bonds. The number of amides is 1. The molecule has 0 saturated heterocycles. The van der Waals surface area contributed by atoms with Crippen LogP contribution in [0.2, 0.25) is 0 Å². The molecule has 172 valence electrons. The number of hydrogen-bond acceptors (Lipinski definition) is 4. The summed E-state index contributed by atoms with van der Waals surface area (Å²) in [7, 11) is 1.49. The molecule has 0 radical (unpaired) electrons. The molecule has 0 aliphatic carbocycles. The second-order valence-corrected chi connectivity index (χ2v) is 8.50. The summed E-state index contributed by atoms with van der Waals surface area (Å²) in [5.74, 6) is 0.163. The molecule has 5 nitrogen and oxygen atoms in total.